The predicted octanol–water partition coefficient (Wildman–Crippen LogP) is 2.59. The number of hydrogen-bond donors (Lipinski definition) is 1. The molecule has 0 saturated carbocycles. The molecule has 0 radical (unpaired) electrons. The SMILES string of the molecule is Cc1ccccc1CC(CCS(C)(=O)=O)CNC(C)C. The predicted molar refractivity (Wildman–Crippen MR) is 85.8 cm³/mol. The van der Waals surface area contributed by atoms with Crippen LogP contribution in [0.2, 0.25) is 0 Å². The Labute approximate surface area is 123 Å². The van der Waals surface area contributed by atoms with Gasteiger partial charge in [-0.15, -0.1) is 0 Å². The molecule has 0 aliphatic heterocycles. The Morgan fingerprint density at radius 3 is 2.40 bits per heavy atom. The van der Waals surface area contributed by atoms with Gasteiger partial charge in [-0.05, 0) is 43.4 Å². The molecule has 0 heterocycles. The molecule has 4 heteroatoms. The van der Waals surface area contributed by atoms with Gasteiger partial charge in [-0.25, -0.2) is 8.42 Å². The molecule has 1 unspecified atom stereocenters. The number of hydrogen-bond acceptors (Lipinski definition) is 3. The summed E-state index contributed by atoms with van der Waals surface area (Å²) < 4.78 is 22.7. The number of aryl methyl sites for hydroxylation is 1. The third kappa shape index (κ3) is 7.06. The van der Waals surface area contributed by atoms with E-state index in [2.05, 4.69) is 38.2 Å². The van der Waals surface area contributed by atoms with Gasteiger partial charge in [-0.2, -0.15) is 0 Å². The molecular weight excluding hydrogens is 270 g/mol. The molecule has 0 spiro atoms. The molecule has 0 amide bonds. The molecule has 0 aliphatic rings. The lowest BCUT2D eigenvalue weighted by atomic mass is 9.94. The van der Waals surface area contributed by atoms with Gasteiger partial charge in [-0.3, -0.25) is 0 Å². The normalized spacial score (nSPS) is 13.7. The van der Waals surface area contributed by atoms with E-state index in [1.54, 1.807) is 0 Å². The summed E-state index contributed by atoms with van der Waals surface area (Å²) in [6, 6.07) is 8.76. The second kappa shape index (κ2) is 7.79. The molecule has 1 atom stereocenters. The van der Waals surface area contributed by atoms with Crippen LogP contribution >= 0.6 is 0 Å². The van der Waals surface area contributed by atoms with E-state index in [1.165, 1.54) is 17.4 Å². The van der Waals surface area contributed by atoms with Gasteiger partial charge in [0, 0.05) is 12.3 Å². The summed E-state index contributed by atoms with van der Waals surface area (Å²) >= 11 is 0. The Kier molecular flexibility index (Phi) is 6.69. The van der Waals surface area contributed by atoms with Crippen molar-refractivity contribution < 1.29 is 8.42 Å². The van der Waals surface area contributed by atoms with Crippen molar-refractivity contribution in [3.63, 3.8) is 0 Å². The highest BCUT2D eigenvalue weighted by Gasteiger charge is 2.14. The summed E-state index contributed by atoms with van der Waals surface area (Å²) in [6.45, 7) is 7.20. The zero-order chi connectivity index (χ0) is 15.2. The van der Waals surface area contributed by atoms with E-state index >= 15 is 0 Å². The maximum atomic E-state index is 11.4. The van der Waals surface area contributed by atoms with Gasteiger partial charge in [0.05, 0.1) is 5.75 Å². The number of rotatable bonds is 8. The molecule has 1 aromatic rings. The Balaban J connectivity index is 2.69. The molecule has 0 aliphatic carbocycles. The first-order valence-corrected chi connectivity index (χ1v) is 9.29. The molecule has 114 valence electrons. The molecule has 0 saturated heterocycles. The third-order valence-electron chi connectivity index (χ3n) is 3.48. The molecule has 0 fully saturated rings. The van der Waals surface area contributed by atoms with Crippen molar-refractivity contribution in [3.05, 3.63) is 35.4 Å². The van der Waals surface area contributed by atoms with Gasteiger partial charge >= 0.3 is 0 Å². The van der Waals surface area contributed by atoms with Crippen molar-refractivity contribution in [2.75, 3.05) is 18.6 Å². The molecular formula is C16H27NO2S. The topological polar surface area (TPSA) is 46.2 Å². The molecule has 20 heavy (non-hydrogen) atoms. The van der Waals surface area contributed by atoms with Crippen molar-refractivity contribution in [2.24, 2.45) is 5.92 Å². The molecule has 1 aromatic carbocycles. The average Bonchev–Trinajstić information content (AvgIpc) is 2.34. The Bertz CT molecular complexity index is 509. The quantitative estimate of drug-likeness (QED) is 0.802. The Morgan fingerprint density at radius 2 is 1.85 bits per heavy atom. The van der Waals surface area contributed by atoms with Crippen LogP contribution in [0, 0.1) is 12.8 Å². The van der Waals surface area contributed by atoms with E-state index in [1.807, 2.05) is 12.1 Å². The number of sulfone groups is 1. The largest absolute Gasteiger partial charge is 0.314 e. The van der Waals surface area contributed by atoms with Crippen LogP contribution in [0.3, 0.4) is 0 Å². The number of nitrogens with one attached hydrogen (secondary N) is 1. The first-order chi connectivity index (χ1) is 9.28. The zero-order valence-electron chi connectivity index (χ0n) is 13.0. The van der Waals surface area contributed by atoms with Crippen LogP contribution in [-0.4, -0.2) is 33.0 Å². The molecule has 1 N–H and O–H groups in total. The fraction of sp³-hybridized carbons (Fsp3) is 0.625. The van der Waals surface area contributed by atoms with E-state index in [-0.39, 0.29) is 5.75 Å². The highest BCUT2D eigenvalue weighted by Crippen LogP contribution is 2.16. The summed E-state index contributed by atoms with van der Waals surface area (Å²) in [6.07, 6.45) is 2.96. The van der Waals surface area contributed by atoms with Crippen LogP contribution in [0.1, 0.15) is 31.4 Å². The van der Waals surface area contributed by atoms with Crippen LogP contribution in [0.4, 0.5) is 0 Å². The van der Waals surface area contributed by atoms with Crippen LogP contribution in [-0.2, 0) is 16.3 Å². The van der Waals surface area contributed by atoms with Crippen LogP contribution in [0.25, 0.3) is 0 Å². The number of benzene rings is 1. The van der Waals surface area contributed by atoms with Crippen molar-refractivity contribution in [3.8, 4) is 0 Å². The lowest BCUT2D eigenvalue weighted by Crippen LogP contribution is -2.31. The lowest BCUT2D eigenvalue weighted by Gasteiger charge is -2.20. The van der Waals surface area contributed by atoms with E-state index in [0.717, 1.165) is 13.0 Å². The monoisotopic (exact) mass is 297 g/mol. The maximum Gasteiger partial charge on any atom is 0.147 e. The fourth-order valence-electron chi connectivity index (χ4n) is 2.21. The maximum absolute atomic E-state index is 11.4. The average molecular weight is 297 g/mol. The molecule has 0 aromatic heterocycles. The van der Waals surface area contributed by atoms with Gasteiger partial charge < -0.3 is 5.32 Å². The molecule has 1 rings (SSSR count). The van der Waals surface area contributed by atoms with E-state index in [9.17, 15) is 8.42 Å². The minimum atomic E-state index is -2.89. The Morgan fingerprint density at radius 1 is 1.20 bits per heavy atom. The molecule has 3 nitrogen and oxygen atoms in total. The summed E-state index contributed by atoms with van der Waals surface area (Å²) in [5, 5.41) is 3.43. The zero-order valence-corrected chi connectivity index (χ0v) is 13.8. The lowest BCUT2D eigenvalue weighted by molar-refractivity contribution is 0.434. The van der Waals surface area contributed by atoms with Gasteiger partial charge in [-0.1, -0.05) is 38.1 Å². The van der Waals surface area contributed by atoms with Crippen LogP contribution in [0.5, 0.6) is 0 Å². The van der Waals surface area contributed by atoms with Crippen molar-refractivity contribution in [1.82, 2.24) is 5.32 Å². The smallest absolute Gasteiger partial charge is 0.147 e. The van der Waals surface area contributed by atoms with E-state index in [0.29, 0.717) is 18.4 Å². The van der Waals surface area contributed by atoms with Gasteiger partial charge in [0.2, 0.25) is 0 Å². The summed E-state index contributed by atoms with van der Waals surface area (Å²) in [7, 11) is -2.89. The van der Waals surface area contributed by atoms with E-state index < -0.39 is 9.84 Å². The minimum absolute atomic E-state index is 0.267. The van der Waals surface area contributed by atoms with E-state index in [4.69, 9.17) is 0 Å². The minimum Gasteiger partial charge on any atom is -0.314 e. The highest BCUT2D eigenvalue weighted by atomic mass is 32.2. The summed E-state index contributed by atoms with van der Waals surface area (Å²) in [4.78, 5) is 0. The molecule has 0 bridgehead atoms. The highest BCUT2D eigenvalue weighted by molar-refractivity contribution is 7.90. The second-order valence-electron chi connectivity index (χ2n) is 5.98. The van der Waals surface area contributed by atoms with Crippen LogP contribution in [0.15, 0.2) is 24.3 Å². The Hall–Kier alpha value is -0.870. The standard InChI is InChI=1S/C16H27NO2S/c1-13(2)17-12-15(9-10-20(4,18)19)11-16-8-6-5-7-14(16)3/h5-8,13,15,17H,9-12H2,1-4H3. The fourth-order valence-corrected chi connectivity index (χ4v) is 2.97. The van der Waals surface area contributed by atoms with Gasteiger partial charge in [0.25, 0.3) is 0 Å². The van der Waals surface area contributed by atoms with Crippen LogP contribution < -0.4 is 5.32 Å². The first kappa shape index (κ1) is 17.2. The van der Waals surface area contributed by atoms with Crippen molar-refractivity contribution in [1.29, 1.82) is 0 Å². The second-order valence-corrected chi connectivity index (χ2v) is 8.24. The summed E-state index contributed by atoms with van der Waals surface area (Å²) in [5.41, 5.74) is 2.60. The van der Waals surface area contributed by atoms with Gasteiger partial charge in [0.15, 0.2) is 0 Å². The summed E-state index contributed by atoms with van der Waals surface area (Å²) in [5.74, 6) is 0.622. The van der Waals surface area contributed by atoms with Gasteiger partial charge in [0.1, 0.15) is 9.84 Å². The van der Waals surface area contributed by atoms with Crippen molar-refractivity contribution >= 4 is 9.84 Å². The first-order valence-electron chi connectivity index (χ1n) is 7.23. The van der Waals surface area contributed by atoms with Crippen molar-refractivity contribution in [2.45, 2.75) is 39.7 Å². The third-order valence-corrected chi connectivity index (χ3v) is 4.46.